The van der Waals surface area contributed by atoms with Crippen molar-refractivity contribution in [3.63, 3.8) is 0 Å². The fraction of sp³-hybridized carbons (Fsp3) is 0.304. The molecule has 4 rings (SSSR count). The lowest BCUT2D eigenvalue weighted by Gasteiger charge is -2.40. The number of piperazine rings is 1. The third kappa shape index (κ3) is 4.13. The Morgan fingerprint density at radius 3 is 2.27 bits per heavy atom. The van der Waals surface area contributed by atoms with Gasteiger partial charge in [-0.15, -0.1) is 0 Å². The summed E-state index contributed by atoms with van der Waals surface area (Å²) in [4.78, 5) is 13.3. The molecule has 0 spiro atoms. The highest BCUT2D eigenvalue weighted by Gasteiger charge is 2.26. The van der Waals surface area contributed by atoms with Gasteiger partial charge in [-0.05, 0) is 30.2 Å². The minimum atomic E-state index is -0.284. The van der Waals surface area contributed by atoms with Crippen LogP contribution in [0.2, 0.25) is 0 Å². The lowest BCUT2D eigenvalue weighted by atomic mass is 10.0. The Hall–Kier alpha value is -3.03. The van der Waals surface area contributed by atoms with Crippen molar-refractivity contribution in [2.75, 3.05) is 43.4 Å². The molecule has 4 N–H and O–H groups in total. The lowest BCUT2D eigenvalue weighted by Crippen LogP contribution is -2.49. The number of anilines is 2. The van der Waals surface area contributed by atoms with E-state index in [0.29, 0.717) is 12.4 Å². The van der Waals surface area contributed by atoms with Gasteiger partial charge in [-0.3, -0.25) is 4.90 Å². The van der Waals surface area contributed by atoms with Gasteiger partial charge in [0.1, 0.15) is 23.8 Å². The van der Waals surface area contributed by atoms with Gasteiger partial charge in [0, 0.05) is 38.8 Å². The van der Waals surface area contributed by atoms with Crippen LogP contribution < -0.4 is 16.4 Å². The fourth-order valence-corrected chi connectivity index (χ4v) is 4.05. The summed E-state index contributed by atoms with van der Waals surface area (Å²) in [6.45, 7) is 5.99. The van der Waals surface area contributed by atoms with Crippen molar-refractivity contribution in [1.29, 1.82) is 0 Å². The zero-order valence-corrected chi connectivity index (χ0v) is 17.1. The van der Waals surface area contributed by atoms with Crippen molar-refractivity contribution in [2.45, 2.75) is 13.0 Å². The van der Waals surface area contributed by atoms with Gasteiger partial charge in [0.25, 0.3) is 0 Å². The van der Waals surface area contributed by atoms with Crippen molar-refractivity contribution in [2.24, 2.45) is 5.73 Å². The molecular weight excluding hydrogens is 379 g/mol. The molecule has 0 saturated carbocycles. The number of hydrogen-bond donors (Lipinski definition) is 2. The van der Waals surface area contributed by atoms with Crippen molar-refractivity contribution < 1.29 is 4.39 Å². The van der Waals surface area contributed by atoms with Gasteiger partial charge >= 0.3 is 0 Å². The first-order valence-electron chi connectivity index (χ1n) is 10.2. The maximum atomic E-state index is 13.4. The summed E-state index contributed by atoms with van der Waals surface area (Å²) in [5, 5.41) is 0. The van der Waals surface area contributed by atoms with E-state index in [1.807, 2.05) is 0 Å². The molecule has 3 aromatic rings. The minimum absolute atomic E-state index is 0.194. The quantitative estimate of drug-likeness (QED) is 0.678. The van der Waals surface area contributed by atoms with Crippen LogP contribution in [0.15, 0.2) is 54.9 Å². The Balaban J connectivity index is 1.54. The molecular formula is C23H27FN6. The summed E-state index contributed by atoms with van der Waals surface area (Å²) in [5.41, 5.74) is 16.4. The van der Waals surface area contributed by atoms with E-state index in [1.165, 1.54) is 29.6 Å². The Morgan fingerprint density at radius 1 is 0.967 bits per heavy atom. The first-order valence-corrected chi connectivity index (χ1v) is 10.2. The van der Waals surface area contributed by atoms with E-state index in [-0.39, 0.29) is 11.9 Å². The average Bonchev–Trinajstić information content (AvgIpc) is 2.77. The lowest BCUT2D eigenvalue weighted by molar-refractivity contribution is 0.190. The number of nitrogens with two attached hydrogens (primary N) is 2. The van der Waals surface area contributed by atoms with Crippen LogP contribution in [0.25, 0.3) is 11.1 Å². The standard InChI is InChI=1S/C23H27FN6/c1-16-2-4-17(5-3-16)20(14-25)29-10-12-30(13-11-29)23-21(22(26)27-15-28-23)18-6-8-19(24)9-7-18/h2-9,15,20H,10-14,25H2,1H3,(H2,26,27,28). The Labute approximate surface area is 176 Å². The number of benzene rings is 2. The van der Waals surface area contributed by atoms with E-state index < -0.39 is 0 Å². The van der Waals surface area contributed by atoms with Crippen LogP contribution in [0.5, 0.6) is 0 Å². The molecule has 0 bridgehead atoms. The van der Waals surface area contributed by atoms with Crippen LogP contribution >= 0.6 is 0 Å². The number of aromatic nitrogens is 2. The van der Waals surface area contributed by atoms with Crippen molar-refractivity contribution >= 4 is 11.6 Å². The van der Waals surface area contributed by atoms with Crippen molar-refractivity contribution in [1.82, 2.24) is 14.9 Å². The first-order chi connectivity index (χ1) is 14.6. The molecule has 2 aromatic carbocycles. The highest BCUT2D eigenvalue weighted by molar-refractivity contribution is 5.84. The number of aryl methyl sites for hydroxylation is 1. The molecule has 1 aliphatic heterocycles. The van der Waals surface area contributed by atoms with Gasteiger partial charge in [0.05, 0.1) is 5.56 Å². The van der Waals surface area contributed by atoms with E-state index in [4.69, 9.17) is 11.5 Å². The molecule has 0 radical (unpaired) electrons. The van der Waals surface area contributed by atoms with E-state index in [9.17, 15) is 4.39 Å². The molecule has 1 aromatic heterocycles. The summed E-state index contributed by atoms with van der Waals surface area (Å²) in [6.07, 6.45) is 1.49. The van der Waals surface area contributed by atoms with Gasteiger partial charge < -0.3 is 16.4 Å². The van der Waals surface area contributed by atoms with Crippen LogP contribution in [-0.2, 0) is 0 Å². The summed E-state index contributed by atoms with van der Waals surface area (Å²) < 4.78 is 13.4. The molecule has 1 unspecified atom stereocenters. The number of rotatable bonds is 5. The third-order valence-corrected chi connectivity index (χ3v) is 5.73. The van der Waals surface area contributed by atoms with E-state index in [0.717, 1.165) is 43.1 Å². The molecule has 156 valence electrons. The van der Waals surface area contributed by atoms with Crippen LogP contribution in [0.4, 0.5) is 16.0 Å². The molecule has 30 heavy (non-hydrogen) atoms. The summed E-state index contributed by atoms with van der Waals surface area (Å²) in [5.74, 6) is 0.898. The first kappa shape index (κ1) is 20.3. The highest BCUT2D eigenvalue weighted by Crippen LogP contribution is 2.34. The maximum absolute atomic E-state index is 13.4. The number of nitrogen functional groups attached to an aromatic ring is 1. The Kier molecular flexibility index (Phi) is 5.92. The highest BCUT2D eigenvalue weighted by atomic mass is 19.1. The Morgan fingerprint density at radius 2 is 1.63 bits per heavy atom. The largest absolute Gasteiger partial charge is 0.383 e. The number of hydrogen-bond acceptors (Lipinski definition) is 6. The maximum Gasteiger partial charge on any atom is 0.142 e. The zero-order chi connectivity index (χ0) is 21.1. The SMILES string of the molecule is Cc1ccc(C(CN)N2CCN(c3ncnc(N)c3-c3ccc(F)cc3)CC2)cc1. The zero-order valence-electron chi connectivity index (χ0n) is 17.1. The summed E-state index contributed by atoms with van der Waals surface area (Å²) in [7, 11) is 0. The molecule has 1 aliphatic rings. The van der Waals surface area contributed by atoms with Crippen LogP contribution in [0, 0.1) is 12.7 Å². The molecule has 0 amide bonds. The van der Waals surface area contributed by atoms with Gasteiger partial charge in [-0.2, -0.15) is 0 Å². The van der Waals surface area contributed by atoms with Gasteiger partial charge in [-0.1, -0.05) is 42.0 Å². The topological polar surface area (TPSA) is 84.3 Å². The summed E-state index contributed by atoms with van der Waals surface area (Å²) in [6, 6.07) is 15.1. The molecule has 1 atom stereocenters. The van der Waals surface area contributed by atoms with Crippen molar-refractivity contribution in [3.05, 3.63) is 71.8 Å². The van der Waals surface area contributed by atoms with Crippen molar-refractivity contribution in [3.8, 4) is 11.1 Å². The molecule has 0 aliphatic carbocycles. The summed E-state index contributed by atoms with van der Waals surface area (Å²) >= 11 is 0. The second-order valence-corrected chi connectivity index (χ2v) is 7.65. The van der Waals surface area contributed by atoms with E-state index in [1.54, 1.807) is 12.1 Å². The Bertz CT molecular complexity index is 982. The predicted molar refractivity (Wildman–Crippen MR) is 119 cm³/mol. The molecule has 1 fully saturated rings. The monoisotopic (exact) mass is 406 g/mol. The van der Waals surface area contributed by atoms with Crippen LogP contribution in [-0.4, -0.2) is 47.6 Å². The van der Waals surface area contributed by atoms with Crippen LogP contribution in [0.3, 0.4) is 0 Å². The minimum Gasteiger partial charge on any atom is -0.383 e. The molecule has 6 nitrogen and oxygen atoms in total. The van der Waals surface area contributed by atoms with E-state index in [2.05, 4.69) is 51.0 Å². The fourth-order valence-electron chi connectivity index (χ4n) is 4.05. The van der Waals surface area contributed by atoms with Gasteiger partial charge in [-0.25, -0.2) is 14.4 Å². The molecule has 7 heteroatoms. The normalized spacial score (nSPS) is 15.9. The third-order valence-electron chi connectivity index (χ3n) is 5.73. The van der Waals surface area contributed by atoms with Gasteiger partial charge in [0.2, 0.25) is 0 Å². The van der Waals surface area contributed by atoms with E-state index >= 15 is 0 Å². The second kappa shape index (κ2) is 8.77. The van der Waals surface area contributed by atoms with Crippen LogP contribution in [0.1, 0.15) is 17.2 Å². The number of nitrogens with zero attached hydrogens (tertiary/aromatic N) is 4. The molecule has 2 heterocycles. The van der Waals surface area contributed by atoms with Gasteiger partial charge in [0.15, 0.2) is 0 Å². The predicted octanol–water partition coefficient (Wildman–Crippen LogP) is 3.00. The smallest absolute Gasteiger partial charge is 0.142 e. The average molecular weight is 407 g/mol. The number of halogens is 1. The second-order valence-electron chi connectivity index (χ2n) is 7.65. The molecule has 1 saturated heterocycles.